The van der Waals surface area contributed by atoms with Gasteiger partial charge in [0.1, 0.15) is 5.75 Å². The fraction of sp³-hybridized carbons (Fsp3) is 0.394. The van der Waals surface area contributed by atoms with Gasteiger partial charge in [0.25, 0.3) is 0 Å². The van der Waals surface area contributed by atoms with Gasteiger partial charge in [-0.3, -0.25) is 0 Å². The third-order valence-electron chi connectivity index (χ3n) is 7.09. The molecule has 2 atom stereocenters. The second-order valence-electron chi connectivity index (χ2n) is 9.86. The Balaban J connectivity index is 1.61. The minimum atomic E-state index is -1.03. The summed E-state index contributed by atoms with van der Waals surface area (Å²) in [6, 6.07) is 23.4. The fourth-order valence-electron chi connectivity index (χ4n) is 4.91. The number of benzene rings is 3. The molecule has 214 valence electrons. The summed E-state index contributed by atoms with van der Waals surface area (Å²) in [5.74, 6) is -1.13. The lowest BCUT2D eigenvalue weighted by atomic mass is 9.96. The lowest BCUT2D eigenvalue weighted by Crippen LogP contribution is -2.29. The van der Waals surface area contributed by atoms with Crippen LogP contribution in [-0.4, -0.2) is 42.5 Å². The molecule has 6 nitrogen and oxygen atoms in total. The highest BCUT2D eigenvalue weighted by atomic mass is 32.2. The Hall–Kier alpha value is -3.29. The molecule has 0 saturated carbocycles. The molecule has 3 aromatic carbocycles. The van der Waals surface area contributed by atoms with E-state index in [1.54, 1.807) is 6.07 Å². The number of carboxylic acid groups (broad SMARTS) is 2. The van der Waals surface area contributed by atoms with E-state index >= 15 is 0 Å². The maximum absolute atomic E-state index is 12.2. The smallest absolute Gasteiger partial charge is 0.335 e. The van der Waals surface area contributed by atoms with Gasteiger partial charge in [0.15, 0.2) is 6.10 Å². The van der Waals surface area contributed by atoms with E-state index in [1.165, 1.54) is 69.4 Å². The average Bonchev–Trinajstić information content (AvgIpc) is 2.97. The van der Waals surface area contributed by atoms with Gasteiger partial charge in [0.2, 0.25) is 0 Å². The molecule has 3 aromatic rings. The number of carbonyl (C=O) groups is 2. The van der Waals surface area contributed by atoms with E-state index in [4.69, 9.17) is 9.47 Å². The number of unbranched alkanes of at least 4 members (excludes halogenated alkanes) is 5. The van der Waals surface area contributed by atoms with Crippen LogP contribution in [0.25, 0.3) is 0 Å². The number of ether oxygens (including phenoxy) is 2. The molecule has 2 unspecified atom stereocenters. The van der Waals surface area contributed by atoms with Crippen LogP contribution in [-0.2, 0) is 28.1 Å². The maximum atomic E-state index is 12.2. The Labute approximate surface area is 241 Å². The molecule has 0 heterocycles. The van der Waals surface area contributed by atoms with Crippen molar-refractivity contribution in [3.8, 4) is 5.75 Å². The number of aliphatic carboxylic acids is 1. The predicted molar refractivity (Wildman–Crippen MR) is 160 cm³/mol. The van der Waals surface area contributed by atoms with Gasteiger partial charge in [-0.1, -0.05) is 86.3 Å². The summed E-state index contributed by atoms with van der Waals surface area (Å²) in [5, 5.41) is 18.8. The third kappa shape index (κ3) is 9.42. The molecule has 7 heteroatoms. The van der Waals surface area contributed by atoms with Gasteiger partial charge < -0.3 is 19.7 Å². The average molecular weight is 565 g/mol. The minimum absolute atomic E-state index is 0.143. The zero-order chi connectivity index (χ0) is 28.7. The fourth-order valence-corrected chi connectivity index (χ4v) is 6.32. The van der Waals surface area contributed by atoms with Gasteiger partial charge in [-0.05, 0) is 54.5 Å². The first-order chi connectivity index (χ1) is 19.4. The van der Waals surface area contributed by atoms with E-state index in [-0.39, 0.29) is 5.56 Å². The van der Waals surface area contributed by atoms with Crippen LogP contribution < -0.4 is 4.74 Å². The van der Waals surface area contributed by atoms with E-state index < -0.39 is 23.3 Å². The van der Waals surface area contributed by atoms with Crippen LogP contribution in [0.1, 0.15) is 76.4 Å². The summed E-state index contributed by atoms with van der Waals surface area (Å²) in [4.78, 5) is 23.5. The number of rotatable bonds is 18. The van der Waals surface area contributed by atoms with Crippen molar-refractivity contribution in [1.82, 2.24) is 0 Å². The van der Waals surface area contributed by atoms with Crippen molar-refractivity contribution in [3.05, 3.63) is 101 Å². The number of aryl methyl sites for hydroxylation is 2. The minimum Gasteiger partial charge on any atom is -0.496 e. The monoisotopic (exact) mass is 564 g/mol. The molecular weight excluding hydrogens is 524 g/mol. The van der Waals surface area contributed by atoms with Crippen molar-refractivity contribution in [2.75, 3.05) is 14.2 Å². The second kappa shape index (κ2) is 16.7. The molecule has 0 aromatic heterocycles. The number of thioether (sulfide) groups is 1. The number of aromatic carboxylic acids is 1. The summed E-state index contributed by atoms with van der Waals surface area (Å²) < 4.78 is 10.9. The highest BCUT2D eigenvalue weighted by Gasteiger charge is 2.31. The first-order valence-corrected chi connectivity index (χ1v) is 14.9. The van der Waals surface area contributed by atoms with Gasteiger partial charge in [-0.2, -0.15) is 0 Å². The summed E-state index contributed by atoms with van der Waals surface area (Å²) in [6.07, 6.45) is 8.02. The summed E-state index contributed by atoms with van der Waals surface area (Å²) >= 11 is 1.46. The Morgan fingerprint density at radius 3 is 2.08 bits per heavy atom. The van der Waals surface area contributed by atoms with E-state index in [0.29, 0.717) is 11.5 Å². The molecule has 40 heavy (non-hydrogen) atoms. The lowest BCUT2D eigenvalue weighted by Gasteiger charge is -2.25. The van der Waals surface area contributed by atoms with Crippen LogP contribution in [0.3, 0.4) is 0 Å². The molecule has 0 bridgehead atoms. The van der Waals surface area contributed by atoms with Crippen LogP contribution >= 0.6 is 11.8 Å². The van der Waals surface area contributed by atoms with Crippen LogP contribution in [0.5, 0.6) is 5.75 Å². The van der Waals surface area contributed by atoms with Crippen LogP contribution in [0.15, 0.2) is 72.8 Å². The van der Waals surface area contributed by atoms with Crippen molar-refractivity contribution in [2.24, 2.45) is 0 Å². The molecular formula is C33H40O6S. The molecule has 3 rings (SSSR count). The van der Waals surface area contributed by atoms with Crippen molar-refractivity contribution >= 4 is 23.7 Å². The second-order valence-corrected chi connectivity index (χ2v) is 11.0. The predicted octanol–water partition coefficient (Wildman–Crippen LogP) is 7.59. The normalized spacial score (nSPS) is 12.6. The van der Waals surface area contributed by atoms with Crippen molar-refractivity contribution < 1.29 is 29.3 Å². The molecule has 0 radical (unpaired) electrons. The Morgan fingerprint density at radius 2 is 1.43 bits per heavy atom. The number of hydrogen-bond acceptors (Lipinski definition) is 5. The quantitative estimate of drug-likeness (QED) is 0.154. The Kier molecular flexibility index (Phi) is 13.1. The van der Waals surface area contributed by atoms with Crippen LogP contribution in [0.4, 0.5) is 0 Å². The van der Waals surface area contributed by atoms with Crippen molar-refractivity contribution in [3.63, 3.8) is 0 Å². The SMILES string of the molecule is COc1cc(C(=O)O)ccc1CSC(c1ccccc1CCCCCCCCc1ccccc1)C(OC)C(=O)O. The van der Waals surface area contributed by atoms with Crippen LogP contribution in [0, 0.1) is 0 Å². The molecule has 0 aliphatic heterocycles. The number of methoxy groups -OCH3 is 2. The van der Waals surface area contributed by atoms with Gasteiger partial charge in [-0.15, -0.1) is 11.8 Å². The lowest BCUT2D eigenvalue weighted by molar-refractivity contribution is -0.148. The molecule has 0 spiro atoms. The van der Waals surface area contributed by atoms with E-state index in [0.717, 1.165) is 42.4 Å². The Bertz CT molecular complexity index is 1210. The molecule has 2 N–H and O–H groups in total. The summed E-state index contributed by atoms with van der Waals surface area (Å²) in [7, 11) is 2.93. The number of carboxylic acids is 2. The summed E-state index contributed by atoms with van der Waals surface area (Å²) in [5.41, 5.74) is 4.45. The third-order valence-corrected chi connectivity index (χ3v) is 8.43. The van der Waals surface area contributed by atoms with Crippen molar-refractivity contribution in [2.45, 2.75) is 68.5 Å². The summed E-state index contributed by atoms with van der Waals surface area (Å²) in [6.45, 7) is 0. The highest BCUT2D eigenvalue weighted by molar-refractivity contribution is 7.98. The first kappa shape index (κ1) is 31.2. The molecule has 0 aliphatic carbocycles. The van der Waals surface area contributed by atoms with E-state index in [9.17, 15) is 19.8 Å². The van der Waals surface area contributed by atoms with E-state index in [2.05, 4.69) is 36.4 Å². The number of hydrogen-bond donors (Lipinski definition) is 2. The molecule has 0 amide bonds. The van der Waals surface area contributed by atoms with Crippen molar-refractivity contribution in [1.29, 1.82) is 0 Å². The zero-order valence-electron chi connectivity index (χ0n) is 23.4. The molecule has 0 saturated heterocycles. The van der Waals surface area contributed by atoms with Gasteiger partial charge in [0.05, 0.1) is 17.9 Å². The largest absolute Gasteiger partial charge is 0.496 e. The first-order valence-electron chi connectivity index (χ1n) is 13.8. The standard InChI is InChI=1S/C33H40O6S/c1-38-29-22-26(32(34)35)20-21-27(29)23-40-31(30(39-2)33(36)37)28-19-13-12-18-25(28)17-11-6-4-3-5-8-14-24-15-9-7-10-16-24/h7,9-10,12-13,15-16,18-22,30-31H,3-6,8,11,14,17,23H2,1-2H3,(H,34,35)(H,36,37). The maximum Gasteiger partial charge on any atom is 0.335 e. The zero-order valence-corrected chi connectivity index (χ0v) is 24.2. The topological polar surface area (TPSA) is 93.1 Å². The van der Waals surface area contributed by atoms with Gasteiger partial charge in [-0.25, -0.2) is 9.59 Å². The Morgan fingerprint density at radius 1 is 0.775 bits per heavy atom. The van der Waals surface area contributed by atoms with Crippen LogP contribution in [0.2, 0.25) is 0 Å². The van der Waals surface area contributed by atoms with E-state index in [1.807, 2.05) is 18.2 Å². The van der Waals surface area contributed by atoms with Gasteiger partial charge in [0, 0.05) is 18.4 Å². The van der Waals surface area contributed by atoms with Gasteiger partial charge >= 0.3 is 11.9 Å². The molecule has 0 aliphatic rings. The highest BCUT2D eigenvalue weighted by Crippen LogP contribution is 2.39. The molecule has 0 fully saturated rings.